The molecule has 7 nitrogen and oxygen atoms in total. The minimum absolute atomic E-state index is 0.000615. The van der Waals surface area contributed by atoms with E-state index in [2.05, 4.69) is 0 Å². The van der Waals surface area contributed by atoms with E-state index in [9.17, 15) is 9.59 Å². The Morgan fingerprint density at radius 1 is 1.05 bits per heavy atom. The zero-order valence-electron chi connectivity index (χ0n) is 23.1. The van der Waals surface area contributed by atoms with Gasteiger partial charge in [-0.05, 0) is 92.4 Å². The van der Waals surface area contributed by atoms with Crippen molar-refractivity contribution in [1.29, 1.82) is 0 Å². The lowest BCUT2D eigenvalue weighted by molar-refractivity contribution is -0.141. The van der Waals surface area contributed by atoms with Gasteiger partial charge in [0, 0.05) is 30.7 Å². The Labute approximate surface area is 244 Å². The molecule has 40 heavy (non-hydrogen) atoms. The van der Waals surface area contributed by atoms with Crippen LogP contribution in [0, 0.1) is 23.7 Å². The number of thiocarbonyl (C=S) groups is 1. The molecule has 0 unspecified atom stereocenters. The van der Waals surface area contributed by atoms with Crippen molar-refractivity contribution in [3.8, 4) is 22.8 Å². The predicted octanol–water partition coefficient (Wildman–Crippen LogP) is 6.49. The van der Waals surface area contributed by atoms with Crippen LogP contribution in [0.3, 0.4) is 0 Å². The van der Waals surface area contributed by atoms with Crippen molar-refractivity contribution < 1.29 is 28.2 Å². The maximum absolute atomic E-state index is 13.9. The third kappa shape index (κ3) is 5.30. The van der Waals surface area contributed by atoms with Crippen LogP contribution in [0.1, 0.15) is 56.8 Å². The summed E-state index contributed by atoms with van der Waals surface area (Å²) in [5, 5.41) is 0. The van der Waals surface area contributed by atoms with Crippen molar-refractivity contribution in [1.82, 2.24) is 4.90 Å². The van der Waals surface area contributed by atoms with Crippen molar-refractivity contribution in [2.24, 2.45) is 23.7 Å². The Morgan fingerprint density at radius 3 is 2.30 bits per heavy atom. The van der Waals surface area contributed by atoms with Gasteiger partial charge in [-0.15, -0.1) is 0 Å². The number of hydrogen-bond acceptors (Lipinski definition) is 8. The van der Waals surface area contributed by atoms with E-state index in [0.29, 0.717) is 63.5 Å². The number of hydrogen-bond donors (Lipinski definition) is 0. The summed E-state index contributed by atoms with van der Waals surface area (Å²) in [5.41, 5.74) is 1.74. The number of carbonyl (C=O) groups is 2. The molecule has 9 heteroatoms. The third-order valence-electron chi connectivity index (χ3n) is 8.93. The van der Waals surface area contributed by atoms with Crippen LogP contribution in [0.15, 0.2) is 33.6 Å². The van der Waals surface area contributed by atoms with Crippen molar-refractivity contribution >= 4 is 46.3 Å². The van der Waals surface area contributed by atoms with Crippen LogP contribution in [0.4, 0.5) is 0 Å². The van der Waals surface area contributed by atoms with Gasteiger partial charge in [-0.2, -0.15) is 0 Å². The first-order chi connectivity index (χ1) is 19.3. The Kier molecular flexibility index (Phi) is 7.70. The molecule has 0 N–H and O–H groups in total. The summed E-state index contributed by atoms with van der Waals surface area (Å²) in [7, 11) is 3.22. The topological polar surface area (TPSA) is 78.2 Å². The average molecular weight is 582 g/mol. The summed E-state index contributed by atoms with van der Waals surface area (Å²) >= 11 is 7.19. The Bertz CT molecular complexity index is 1310. The monoisotopic (exact) mass is 581 g/mol. The van der Waals surface area contributed by atoms with Gasteiger partial charge in [-0.1, -0.05) is 24.0 Å². The molecule has 1 saturated heterocycles. The molecule has 1 amide bonds. The second-order valence-electron chi connectivity index (χ2n) is 11.5. The van der Waals surface area contributed by atoms with Crippen LogP contribution in [-0.2, 0) is 20.7 Å². The first-order valence-electron chi connectivity index (χ1n) is 14.1. The molecule has 2 heterocycles. The van der Waals surface area contributed by atoms with Gasteiger partial charge in [0.25, 0.3) is 5.91 Å². The standard InChI is InChI=1S/C31H35NO6S2/c1-17(33)37-6-4-5-20-14-26(21-12-24(35-2)15-25(13-21)36-3)38-27(20)16-28-30(34)32(31(39)40-28)29-22-8-18-7-19(10-22)11-23(29)9-18/h12-16,18-19,22-23,29H,4-11H2,1-3H3/b28-16-. The molecule has 1 aliphatic heterocycles. The highest BCUT2D eigenvalue weighted by atomic mass is 32.2. The second-order valence-corrected chi connectivity index (χ2v) is 13.2. The predicted molar refractivity (Wildman–Crippen MR) is 158 cm³/mol. The van der Waals surface area contributed by atoms with Crippen LogP contribution in [0.25, 0.3) is 17.4 Å². The molecule has 4 aliphatic carbocycles. The fourth-order valence-electron chi connectivity index (χ4n) is 7.50. The van der Waals surface area contributed by atoms with E-state index in [1.165, 1.54) is 50.8 Å². The second kappa shape index (κ2) is 11.2. The Balaban J connectivity index is 1.29. The molecular weight excluding hydrogens is 546 g/mol. The number of carbonyl (C=O) groups excluding carboxylic acids is 2. The molecular formula is C31H35NO6S2. The van der Waals surface area contributed by atoms with Gasteiger partial charge in [0.2, 0.25) is 0 Å². The number of ether oxygens (including phenoxy) is 3. The van der Waals surface area contributed by atoms with E-state index in [-0.39, 0.29) is 17.9 Å². The minimum Gasteiger partial charge on any atom is -0.497 e. The summed E-state index contributed by atoms with van der Waals surface area (Å²) in [6, 6.07) is 7.79. The number of benzene rings is 1. The molecule has 7 rings (SSSR count). The smallest absolute Gasteiger partial charge is 0.302 e. The molecule has 212 valence electrons. The Hall–Kier alpha value is -2.78. The molecule has 0 radical (unpaired) electrons. The van der Waals surface area contributed by atoms with Gasteiger partial charge < -0.3 is 18.6 Å². The number of esters is 1. The van der Waals surface area contributed by atoms with Gasteiger partial charge in [0.05, 0.1) is 25.7 Å². The lowest BCUT2D eigenvalue weighted by atomic mass is 9.54. The number of methoxy groups -OCH3 is 2. The molecule has 0 atom stereocenters. The van der Waals surface area contributed by atoms with Gasteiger partial charge >= 0.3 is 5.97 Å². The van der Waals surface area contributed by atoms with Crippen LogP contribution in [-0.4, -0.2) is 48.0 Å². The lowest BCUT2D eigenvalue weighted by Gasteiger charge is -2.56. The van der Waals surface area contributed by atoms with Crippen LogP contribution in [0.2, 0.25) is 0 Å². The number of amides is 1. The van der Waals surface area contributed by atoms with Crippen molar-refractivity contribution in [3.05, 3.63) is 40.5 Å². The molecule has 0 spiro atoms. The van der Waals surface area contributed by atoms with Crippen molar-refractivity contribution in [2.75, 3.05) is 20.8 Å². The molecule has 1 aromatic carbocycles. The van der Waals surface area contributed by atoms with Gasteiger partial charge in [0.1, 0.15) is 27.3 Å². The molecule has 4 saturated carbocycles. The first kappa shape index (κ1) is 27.4. The highest BCUT2D eigenvalue weighted by Gasteiger charge is 2.53. The lowest BCUT2D eigenvalue weighted by Crippen LogP contribution is -2.57. The molecule has 2 aromatic rings. The van der Waals surface area contributed by atoms with Crippen molar-refractivity contribution in [3.63, 3.8) is 0 Å². The van der Waals surface area contributed by atoms with Gasteiger partial charge in [0.15, 0.2) is 0 Å². The zero-order valence-corrected chi connectivity index (χ0v) is 24.8. The van der Waals surface area contributed by atoms with E-state index in [1.54, 1.807) is 14.2 Å². The van der Waals surface area contributed by atoms with E-state index in [1.807, 2.05) is 35.2 Å². The highest BCUT2D eigenvalue weighted by Crippen LogP contribution is 2.56. The fourth-order valence-corrected chi connectivity index (χ4v) is 8.82. The molecule has 1 aromatic heterocycles. The van der Waals surface area contributed by atoms with E-state index < -0.39 is 0 Å². The molecule has 4 bridgehead atoms. The maximum atomic E-state index is 13.9. The largest absolute Gasteiger partial charge is 0.497 e. The quantitative estimate of drug-likeness (QED) is 0.144. The number of aryl methyl sites for hydroxylation is 1. The number of rotatable bonds is 9. The fraction of sp³-hybridized carbons (Fsp3) is 0.516. The third-order valence-corrected chi connectivity index (χ3v) is 10.3. The SMILES string of the molecule is COc1cc(OC)cc(-c2cc(CCCOC(C)=O)c(/C=C3\SC(=S)N(C4C5CC6CC(C5)CC4C6)C3=O)o2)c1. The van der Waals surface area contributed by atoms with Crippen molar-refractivity contribution in [2.45, 2.75) is 57.9 Å². The number of nitrogens with zero attached hydrogens (tertiary/aromatic N) is 1. The van der Waals surface area contributed by atoms with Crippen LogP contribution < -0.4 is 9.47 Å². The highest BCUT2D eigenvalue weighted by molar-refractivity contribution is 8.26. The molecule has 5 fully saturated rings. The average Bonchev–Trinajstić information content (AvgIpc) is 3.45. The summed E-state index contributed by atoms with van der Waals surface area (Å²) in [6.07, 6.45) is 9.39. The van der Waals surface area contributed by atoms with Crippen LogP contribution >= 0.6 is 24.0 Å². The normalized spacial score (nSPS) is 28.0. The summed E-state index contributed by atoms with van der Waals surface area (Å²) in [4.78, 5) is 27.6. The zero-order chi connectivity index (χ0) is 28.0. The Morgan fingerprint density at radius 2 is 1.70 bits per heavy atom. The number of thioether (sulfide) groups is 1. The minimum atomic E-state index is -0.301. The summed E-state index contributed by atoms with van der Waals surface area (Å²) in [5.74, 6) is 5.05. The summed E-state index contributed by atoms with van der Waals surface area (Å²) in [6.45, 7) is 1.72. The van der Waals surface area contributed by atoms with Gasteiger partial charge in [-0.3, -0.25) is 14.5 Å². The van der Waals surface area contributed by atoms with E-state index >= 15 is 0 Å². The first-order valence-corrected chi connectivity index (χ1v) is 15.3. The van der Waals surface area contributed by atoms with Crippen LogP contribution in [0.5, 0.6) is 11.5 Å². The van der Waals surface area contributed by atoms with E-state index in [4.69, 9.17) is 30.8 Å². The summed E-state index contributed by atoms with van der Waals surface area (Å²) < 4.78 is 23.1. The maximum Gasteiger partial charge on any atom is 0.302 e. The van der Waals surface area contributed by atoms with E-state index in [0.717, 1.165) is 23.0 Å². The van der Waals surface area contributed by atoms with Gasteiger partial charge in [-0.25, -0.2) is 0 Å². The molecule has 5 aliphatic rings. The number of furan rings is 1.